The third-order valence-corrected chi connectivity index (χ3v) is 6.10. The fraction of sp³-hybridized carbons (Fsp3) is 0.280. The molecule has 0 amide bonds. The number of hydrogen-bond acceptors (Lipinski definition) is 4. The van der Waals surface area contributed by atoms with E-state index in [0.29, 0.717) is 18.0 Å². The van der Waals surface area contributed by atoms with Crippen molar-refractivity contribution >= 4 is 16.5 Å². The Morgan fingerprint density at radius 2 is 1.83 bits per heavy atom. The number of aliphatic hydroxyl groups excluding tert-OH is 1. The number of nitrogens with zero attached hydrogens (tertiary/aromatic N) is 1. The van der Waals surface area contributed by atoms with Crippen LogP contribution in [0.1, 0.15) is 41.0 Å². The van der Waals surface area contributed by atoms with Crippen LogP contribution in [-0.4, -0.2) is 28.2 Å². The first-order valence-corrected chi connectivity index (χ1v) is 10.2. The molecule has 3 aromatic rings. The molecule has 4 N–H and O–H groups in total. The van der Waals surface area contributed by atoms with E-state index in [2.05, 4.69) is 41.8 Å². The van der Waals surface area contributed by atoms with Gasteiger partial charge in [0.2, 0.25) is 0 Å². The van der Waals surface area contributed by atoms with Gasteiger partial charge in [-0.05, 0) is 52.8 Å². The van der Waals surface area contributed by atoms with E-state index in [4.69, 9.17) is 5.73 Å². The average Bonchev–Trinajstić information content (AvgIpc) is 2.78. The Morgan fingerprint density at radius 1 is 1.07 bits per heavy atom. The standard InChI is InChI=1S/C25H28N2O2/c1-17(23-7-3-6-21-13-22(16-28)25(29)14-24(21)23)27-10-8-19(9-11-27)20-5-2-4-18(12-20)15-26/h2-7,12-14,19,28-29H,1,8-11,15-16,26H2. The van der Waals surface area contributed by atoms with E-state index in [1.165, 1.54) is 11.1 Å². The van der Waals surface area contributed by atoms with Crippen molar-refractivity contribution in [3.05, 3.63) is 83.4 Å². The maximum atomic E-state index is 10.2. The first kappa shape index (κ1) is 19.5. The van der Waals surface area contributed by atoms with E-state index in [0.717, 1.165) is 48.0 Å². The van der Waals surface area contributed by atoms with Crippen LogP contribution in [0, 0.1) is 0 Å². The van der Waals surface area contributed by atoms with Crippen molar-refractivity contribution in [1.29, 1.82) is 0 Å². The number of fused-ring (bicyclic) bond motifs is 1. The van der Waals surface area contributed by atoms with E-state index in [-0.39, 0.29) is 12.4 Å². The molecule has 29 heavy (non-hydrogen) atoms. The lowest BCUT2D eigenvalue weighted by molar-refractivity contribution is 0.276. The number of piperidine rings is 1. The smallest absolute Gasteiger partial charge is 0.121 e. The van der Waals surface area contributed by atoms with Gasteiger partial charge in [-0.15, -0.1) is 0 Å². The molecule has 0 atom stereocenters. The van der Waals surface area contributed by atoms with Crippen LogP contribution < -0.4 is 5.73 Å². The van der Waals surface area contributed by atoms with Crippen molar-refractivity contribution < 1.29 is 10.2 Å². The number of hydrogen-bond donors (Lipinski definition) is 3. The predicted octanol–water partition coefficient (Wildman–Crippen LogP) is 4.35. The molecule has 1 aliphatic rings. The Labute approximate surface area is 171 Å². The Hall–Kier alpha value is -2.82. The monoisotopic (exact) mass is 388 g/mol. The zero-order valence-electron chi connectivity index (χ0n) is 16.6. The van der Waals surface area contributed by atoms with Crippen molar-refractivity contribution in [1.82, 2.24) is 4.90 Å². The number of phenols is 1. The minimum Gasteiger partial charge on any atom is -0.508 e. The van der Waals surface area contributed by atoms with Gasteiger partial charge in [0.25, 0.3) is 0 Å². The second kappa shape index (κ2) is 8.27. The lowest BCUT2D eigenvalue weighted by Crippen LogP contribution is -2.31. The van der Waals surface area contributed by atoms with Crippen LogP contribution >= 0.6 is 0 Å². The van der Waals surface area contributed by atoms with Crippen LogP contribution in [0.25, 0.3) is 16.5 Å². The van der Waals surface area contributed by atoms with E-state index in [1.807, 2.05) is 18.2 Å². The van der Waals surface area contributed by atoms with Crippen LogP contribution in [0.2, 0.25) is 0 Å². The Kier molecular flexibility index (Phi) is 5.56. The highest BCUT2D eigenvalue weighted by Crippen LogP contribution is 2.35. The fourth-order valence-electron chi connectivity index (χ4n) is 4.37. The average molecular weight is 389 g/mol. The summed E-state index contributed by atoms with van der Waals surface area (Å²) in [5.41, 5.74) is 10.9. The van der Waals surface area contributed by atoms with Gasteiger partial charge in [-0.25, -0.2) is 0 Å². The highest BCUT2D eigenvalue weighted by molar-refractivity contribution is 5.94. The van der Waals surface area contributed by atoms with Crippen LogP contribution in [0.4, 0.5) is 0 Å². The molecular formula is C25H28N2O2. The Morgan fingerprint density at radius 3 is 2.55 bits per heavy atom. The summed E-state index contributed by atoms with van der Waals surface area (Å²) in [5, 5.41) is 21.6. The Bertz CT molecular complexity index is 1040. The summed E-state index contributed by atoms with van der Waals surface area (Å²) in [6.45, 7) is 6.68. The minimum atomic E-state index is -0.175. The summed E-state index contributed by atoms with van der Waals surface area (Å²) in [5.74, 6) is 0.674. The lowest BCUT2D eigenvalue weighted by atomic mass is 9.88. The molecule has 0 bridgehead atoms. The van der Waals surface area contributed by atoms with Crippen LogP contribution in [-0.2, 0) is 13.2 Å². The molecule has 0 saturated carbocycles. The van der Waals surface area contributed by atoms with Gasteiger partial charge in [0.15, 0.2) is 0 Å². The molecule has 0 spiro atoms. The third-order valence-electron chi connectivity index (χ3n) is 6.10. The quantitative estimate of drug-likeness (QED) is 0.608. The van der Waals surface area contributed by atoms with Gasteiger partial charge in [0.1, 0.15) is 5.75 Å². The first-order valence-electron chi connectivity index (χ1n) is 10.2. The first-order chi connectivity index (χ1) is 14.1. The summed E-state index contributed by atoms with van der Waals surface area (Å²) in [7, 11) is 0. The van der Waals surface area contributed by atoms with E-state index in [9.17, 15) is 10.2 Å². The molecule has 1 saturated heterocycles. The minimum absolute atomic E-state index is 0.124. The molecule has 0 aliphatic carbocycles. The number of aliphatic hydroxyl groups is 1. The van der Waals surface area contributed by atoms with E-state index < -0.39 is 0 Å². The molecule has 4 nitrogen and oxygen atoms in total. The van der Waals surface area contributed by atoms with Gasteiger partial charge < -0.3 is 20.8 Å². The SMILES string of the molecule is C=C(c1cccc2cc(CO)c(O)cc12)N1CCC(c2cccc(CN)c2)CC1. The van der Waals surface area contributed by atoms with E-state index >= 15 is 0 Å². The second-order valence-corrected chi connectivity index (χ2v) is 7.82. The largest absolute Gasteiger partial charge is 0.508 e. The molecule has 150 valence electrons. The number of rotatable bonds is 5. The summed E-state index contributed by atoms with van der Waals surface area (Å²) in [6, 6.07) is 18.3. The Balaban J connectivity index is 1.53. The normalized spacial score (nSPS) is 15.0. The molecule has 0 aromatic heterocycles. The summed E-state index contributed by atoms with van der Waals surface area (Å²) in [4.78, 5) is 2.34. The molecule has 4 heteroatoms. The molecule has 1 fully saturated rings. The maximum Gasteiger partial charge on any atom is 0.121 e. The van der Waals surface area contributed by atoms with Gasteiger partial charge in [0, 0.05) is 36.5 Å². The number of aromatic hydroxyl groups is 1. The summed E-state index contributed by atoms with van der Waals surface area (Å²) < 4.78 is 0. The molecule has 1 heterocycles. The van der Waals surface area contributed by atoms with Gasteiger partial charge in [-0.1, -0.05) is 49.0 Å². The highest BCUT2D eigenvalue weighted by Gasteiger charge is 2.23. The highest BCUT2D eigenvalue weighted by atomic mass is 16.3. The van der Waals surface area contributed by atoms with Gasteiger partial charge in [-0.2, -0.15) is 0 Å². The van der Waals surface area contributed by atoms with Crippen molar-refractivity contribution in [3.63, 3.8) is 0 Å². The molecule has 0 radical (unpaired) electrons. The van der Waals surface area contributed by atoms with Gasteiger partial charge >= 0.3 is 0 Å². The molecular weight excluding hydrogens is 360 g/mol. The van der Waals surface area contributed by atoms with Gasteiger partial charge in [-0.3, -0.25) is 0 Å². The second-order valence-electron chi connectivity index (χ2n) is 7.82. The number of nitrogens with two attached hydrogens (primary N) is 1. The predicted molar refractivity (Wildman–Crippen MR) is 118 cm³/mol. The maximum absolute atomic E-state index is 10.2. The lowest BCUT2D eigenvalue weighted by Gasteiger charge is -2.35. The molecule has 1 aliphatic heterocycles. The fourth-order valence-corrected chi connectivity index (χ4v) is 4.37. The zero-order chi connectivity index (χ0) is 20.4. The molecule has 0 unspecified atom stereocenters. The number of likely N-dealkylation sites (tertiary alicyclic amines) is 1. The topological polar surface area (TPSA) is 69.7 Å². The van der Waals surface area contributed by atoms with Gasteiger partial charge in [0.05, 0.1) is 6.61 Å². The zero-order valence-corrected chi connectivity index (χ0v) is 16.6. The van der Waals surface area contributed by atoms with Crippen LogP contribution in [0.15, 0.2) is 61.2 Å². The summed E-state index contributed by atoms with van der Waals surface area (Å²) in [6.07, 6.45) is 2.16. The van der Waals surface area contributed by atoms with Crippen molar-refractivity contribution in [3.8, 4) is 5.75 Å². The van der Waals surface area contributed by atoms with Crippen molar-refractivity contribution in [2.24, 2.45) is 5.73 Å². The van der Waals surface area contributed by atoms with E-state index in [1.54, 1.807) is 6.07 Å². The van der Waals surface area contributed by atoms with Crippen molar-refractivity contribution in [2.45, 2.75) is 31.9 Å². The molecule has 3 aromatic carbocycles. The van der Waals surface area contributed by atoms with Crippen molar-refractivity contribution in [2.75, 3.05) is 13.1 Å². The third kappa shape index (κ3) is 3.86. The van der Waals surface area contributed by atoms with Crippen LogP contribution in [0.3, 0.4) is 0 Å². The van der Waals surface area contributed by atoms with Crippen LogP contribution in [0.5, 0.6) is 5.75 Å². The summed E-state index contributed by atoms with van der Waals surface area (Å²) >= 11 is 0. The number of benzene rings is 3. The molecule has 4 rings (SSSR count).